The third-order valence-electron chi connectivity index (χ3n) is 3.55. The SMILES string of the molecule is Cc1ccc(N2C(=O)/C(=C\c3ccncc3)SC2=S)cc1C. The Labute approximate surface area is 139 Å². The van der Waals surface area contributed by atoms with E-state index in [4.69, 9.17) is 12.2 Å². The van der Waals surface area contributed by atoms with Gasteiger partial charge in [0.2, 0.25) is 0 Å². The maximum absolute atomic E-state index is 12.7. The van der Waals surface area contributed by atoms with Gasteiger partial charge in [-0.05, 0) is 60.9 Å². The average molecular weight is 326 g/mol. The Bertz CT molecular complexity index is 785. The number of nitrogens with zero attached hydrogens (tertiary/aromatic N) is 2. The van der Waals surface area contributed by atoms with Crippen LogP contribution < -0.4 is 4.90 Å². The van der Waals surface area contributed by atoms with Crippen molar-refractivity contribution < 1.29 is 4.79 Å². The summed E-state index contributed by atoms with van der Waals surface area (Å²) in [5.74, 6) is -0.0740. The Morgan fingerprint density at radius 3 is 2.55 bits per heavy atom. The second-order valence-corrected chi connectivity index (χ2v) is 6.74. The van der Waals surface area contributed by atoms with E-state index in [0.717, 1.165) is 16.8 Å². The summed E-state index contributed by atoms with van der Waals surface area (Å²) in [4.78, 5) is 18.9. The van der Waals surface area contributed by atoms with Gasteiger partial charge < -0.3 is 0 Å². The zero-order valence-corrected chi connectivity index (χ0v) is 13.9. The minimum atomic E-state index is -0.0740. The van der Waals surface area contributed by atoms with Crippen LogP contribution in [0.1, 0.15) is 16.7 Å². The van der Waals surface area contributed by atoms with Crippen molar-refractivity contribution in [2.45, 2.75) is 13.8 Å². The van der Waals surface area contributed by atoms with Crippen LogP contribution in [0.5, 0.6) is 0 Å². The maximum Gasteiger partial charge on any atom is 0.270 e. The molecule has 22 heavy (non-hydrogen) atoms. The predicted molar refractivity (Wildman–Crippen MR) is 95.8 cm³/mol. The van der Waals surface area contributed by atoms with E-state index in [1.165, 1.54) is 17.3 Å². The highest BCUT2D eigenvalue weighted by atomic mass is 32.2. The van der Waals surface area contributed by atoms with E-state index in [0.29, 0.717) is 9.23 Å². The largest absolute Gasteiger partial charge is 0.270 e. The molecule has 110 valence electrons. The molecular weight excluding hydrogens is 312 g/mol. The molecule has 0 radical (unpaired) electrons. The van der Waals surface area contributed by atoms with Crippen LogP contribution in [0, 0.1) is 13.8 Å². The van der Waals surface area contributed by atoms with Crippen molar-refractivity contribution in [3.05, 3.63) is 64.3 Å². The molecule has 1 fully saturated rings. The number of aryl methyl sites for hydroxylation is 2. The topological polar surface area (TPSA) is 33.2 Å². The minimum Gasteiger partial charge on any atom is -0.268 e. The molecule has 1 aromatic carbocycles. The first kappa shape index (κ1) is 14.9. The Kier molecular flexibility index (Phi) is 4.09. The van der Waals surface area contributed by atoms with Crippen LogP contribution in [0.4, 0.5) is 5.69 Å². The molecule has 1 saturated heterocycles. The van der Waals surface area contributed by atoms with Gasteiger partial charge in [0.15, 0.2) is 4.32 Å². The van der Waals surface area contributed by atoms with Gasteiger partial charge in [-0.3, -0.25) is 14.7 Å². The normalized spacial score (nSPS) is 16.6. The van der Waals surface area contributed by atoms with Crippen molar-refractivity contribution in [3.63, 3.8) is 0 Å². The Morgan fingerprint density at radius 2 is 1.86 bits per heavy atom. The minimum absolute atomic E-state index is 0.0740. The first-order valence-electron chi connectivity index (χ1n) is 6.81. The van der Waals surface area contributed by atoms with E-state index in [2.05, 4.69) is 4.98 Å². The summed E-state index contributed by atoms with van der Waals surface area (Å²) < 4.78 is 0.563. The van der Waals surface area contributed by atoms with Gasteiger partial charge in [-0.1, -0.05) is 30.0 Å². The lowest BCUT2D eigenvalue weighted by molar-refractivity contribution is -0.113. The van der Waals surface area contributed by atoms with Gasteiger partial charge in [0, 0.05) is 12.4 Å². The molecule has 0 N–H and O–H groups in total. The lowest BCUT2D eigenvalue weighted by Gasteiger charge is -2.15. The quantitative estimate of drug-likeness (QED) is 0.614. The zero-order chi connectivity index (χ0) is 15.7. The molecule has 0 atom stereocenters. The number of carbonyl (C=O) groups is 1. The van der Waals surface area contributed by atoms with Crippen LogP contribution in [0.25, 0.3) is 6.08 Å². The fourth-order valence-electron chi connectivity index (χ4n) is 2.17. The van der Waals surface area contributed by atoms with Gasteiger partial charge in [0.1, 0.15) is 0 Å². The third-order valence-corrected chi connectivity index (χ3v) is 4.85. The predicted octanol–water partition coefficient (Wildman–Crippen LogP) is 4.10. The third kappa shape index (κ3) is 2.82. The summed E-state index contributed by atoms with van der Waals surface area (Å²) in [6.45, 7) is 4.08. The number of pyridine rings is 1. The Balaban J connectivity index is 1.95. The smallest absolute Gasteiger partial charge is 0.268 e. The van der Waals surface area contributed by atoms with Gasteiger partial charge in [-0.15, -0.1) is 0 Å². The van der Waals surface area contributed by atoms with Crippen LogP contribution in [-0.4, -0.2) is 15.2 Å². The molecule has 1 aliphatic rings. The van der Waals surface area contributed by atoms with Crippen LogP contribution in [0.3, 0.4) is 0 Å². The Hall–Kier alpha value is -1.98. The molecule has 0 unspecified atom stereocenters. The number of hydrogen-bond acceptors (Lipinski definition) is 4. The lowest BCUT2D eigenvalue weighted by Crippen LogP contribution is -2.27. The van der Waals surface area contributed by atoms with Crippen molar-refractivity contribution in [2.24, 2.45) is 0 Å². The van der Waals surface area contributed by atoms with Gasteiger partial charge in [-0.2, -0.15) is 0 Å². The molecule has 0 aliphatic carbocycles. The number of thioether (sulfide) groups is 1. The highest BCUT2D eigenvalue weighted by molar-refractivity contribution is 8.27. The fourth-order valence-corrected chi connectivity index (χ4v) is 3.47. The van der Waals surface area contributed by atoms with E-state index >= 15 is 0 Å². The van der Waals surface area contributed by atoms with E-state index in [1.54, 1.807) is 17.3 Å². The van der Waals surface area contributed by atoms with E-state index in [9.17, 15) is 4.79 Å². The summed E-state index contributed by atoms with van der Waals surface area (Å²) in [7, 11) is 0. The van der Waals surface area contributed by atoms with Crippen LogP contribution in [-0.2, 0) is 4.79 Å². The molecule has 0 bridgehead atoms. The number of hydrogen-bond donors (Lipinski definition) is 0. The highest BCUT2D eigenvalue weighted by Crippen LogP contribution is 2.36. The summed E-state index contributed by atoms with van der Waals surface area (Å²) in [6.07, 6.45) is 5.26. The van der Waals surface area contributed by atoms with E-state index in [-0.39, 0.29) is 5.91 Å². The second kappa shape index (κ2) is 6.02. The van der Waals surface area contributed by atoms with E-state index in [1.807, 2.05) is 50.3 Å². The van der Waals surface area contributed by atoms with Crippen molar-refractivity contribution in [2.75, 3.05) is 4.90 Å². The number of anilines is 1. The number of amides is 1. The summed E-state index contributed by atoms with van der Waals surface area (Å²) >= 11 is 6.71. The van der Waals surface area contributed by atoms with Crippen molar-refractivity contribution in [1.82, 2.24) is 4.98 Å². The molecule has 1 aromatic heterocycles. The van der Waals surface area contributed by atoms with Crippen LogP contribution >= 0.6 is 24.0 Å². The standard InChI is InChI=1S/C17H14N2OS2/c1-11-3-4-14(9-12(11)2)19-16(20)15(22-17(19)21)10-13-5-7-18-8-6-13/h3-10H,1-2H3/b15-10+. The van der Waals surface area contributed by atoms with Crippen LogP contribution in [0.2, 0.25) is 0 Å². The van der Waals surface area contributed by atoms with Gasteiger partial charge in [-0.25, -0.2) is 0 Å². The van der Waals surface area contributed by atoms with Gasteiger partial charge in [0.05, 0.1) is 10.6 Å². The number of thiocarbonyl (C=S) groups is 1. The lowest BCUT2D eigenvalue weighted by atomic mass is 10.1. The second-order valence-electron chi connectivity index (χ2n) is 5.07. The monoisotopic (exact) mass is 326 g/mol. The molecule has 3 rings (SSSR count). The highest BCUT2D eigenvalue weighted by Gasteiger charge is 2.33. The summed E-state index contributed by atoms with van der Waals surface area (Å²) in [6, 6.07) is 9.67. The fraction of sp³-hybridized carbons (Fsp3) is 0.118. The number of aromatic nitrogens is 1. The molecule has 0 spiro atoms. The molecule has 2 aromatic rings. The first-order chi connectivity index (χ1) is 10.6. The summed E-state index contributed by atoms with van der Waals surface area (Å²) in [5.41, 5.74) is 4.10. The zero-order valence-electron chi connectivity index (χ0n) is 12.2. The summed E-state index contributed by atoms with van der Waals surface area (Å²) in [5, 5.41) is 0. The van der Waals surface area contributed by atoms with Gasteiger partial charge >= 0.3 is 0 Å². The van der Waals surface area contributed by atoms with Crippen molar-refractivity contribution in [1.29, 1.82) is 0 Å². The average Bonchev–Trinajstić information content (AvgIpc) is 2.78. The van der Waals surface area contributed by atoms with Crippen molar-refractivity contribution in [3.8, 4) is 0 Å². The number of benzene rings is 1. The van der Waals surface area contributed by atoms with Crippen LogP contribution in [0.15, 0.2) is 47.6 Å². The molecule has 1 aliphatic heterocycles. The van der Waals surface area contributed by atoms with Crippen molar-refractivity contribution >= 4 is 46.0 Å². The molecule has 0 saturated carbocycles. The molecule has 1 amide bonds. The number of rotatable bonds is 2. The molecule has 5 heteroatoms. The maximum atomic E-state index is 12.7. The molecule has 2 heterocycles. The molecule has 3 nitrogen and oxygen atoms in total. The number of carbonyl (C=O) groups excluding carboxylic acids is 1. The van der Waals surface area contributed by atoms with E-state index < -0.39 is 0 Å². The Morgan fingerprint density at radius 1 is 1.14 bits per heavy atom. The molecular formula is C17H14N2OS2. The van der Waals surface area contributed by atoms with Gasteiger partial charge in [0.25, 0.3) is 5.91 Å². The first-order valence-corrected chi connectivity index (χ1v) is 8.04.